The second-order valence-electron chi connectivity index (χ2n) is 8.57. The number of rotatable bonds is 6. The van der Waals surface area contributed by atoms with E-state index in [1.54, 1.807) is 25.2 Å². The quantitative estimate of drug-likeness (QED) is 0.578. The molecule has 0 aliphatic carbocycles. The van der Waals surface area contributed by atoms with Crippen molar-refractivity contribution in [1.82, 2.24) is 0 Å². The van der Waals surface area contributed by atoms with Gasteiger partial charge < -0.3 is 23.7 Å². The van der Waals surface area contributed by atoms with Gasteiger partial charge in [-0.05, 0) is 55.3 Å². The number of nitrogens with one attached hydrogen (secondary N) is 2. The van der Waals surface area contributed by atoms with Crippen LogP contribution in [0.2, 0.25) is 0 Å². The molecule has 4 rings (SSSR count). The summed E-state index contributed by atoms with van der Waals surface area (Å²) in [5, 5.41) is 1.07. The lowest BCUT2D eigenvalue weighted by Gasteiger charge is -2.30. The van der Waals surface area contributed by atoms with Crippen LogP contribution in [0.4, 0.5) is 0 Å². The zero-order valence-corrected chi connectivity index (χ0v) is 18.8. The highest BCUT2D eigenvalue weighted by Crippen LogP contribution is 2.27. The summed E-state index contributed by atoms with van der Waals surface area (Å²) in [4.78, 5) is 15.2. The monoisotopic (exact) mass is 424 g/mol. The fourth-order valence-electron chi connectivity index (χ4n) is 4.49. The number of methoxy groups -OCH3 is 2. The summed E-state index contributed by atoms with van der Waals surface area (Å²) < 4.78 is 16.2. The number of benzene rings is 2. The van der Waals surface area contributed by atoms with Crippen LogP contribution in [0.25, 0.3) is 11.0 Å². The predicted octanol–water partition coefficient (Wildman–Crippen LogP) is 0.911. The Hall–Kier alpha value is -2.83. The molecule has 6 heteroatoms. The Kier molecular flexibility index (Phi) is 6.30. The second-order valence-corrected chi connectivity index (χ2v) is 8.57. The Morgan fingerprint density at radius 2 is 1.48 bits per heavy atom. The summed E-state index contributed by atoms with van der Waals surface area (Å²) in [5.74, 6) is 1.55. The van der Waals surface area contributed by atoms with Crippen molar-refractivity contribution in [3.63, 3.8) is 0 Å². The molecule has 0 radical (unpaired) electrons. The van der Waals surface area contributed by atoms with Gasteiger partial charge in [-0.1, -0.05) is 0 Å². The van der Waals surface area contributed by atoms with E-state index in [9.17, 15) is 4.79 Å². The van der Waals surface area contributed by atoms with Gasteiger partial charge in [0.05, 0.1) is 14.2 Å². The molecule has 2 N–H and O–H groups in total. The molecule has 1 saturated heterocycles. The van der Waals surface area contributed by atoms with E-state index < -0.39 is 0 Å². The molecular weight excluding hydrogens is 392 g/mol. The molecule has 0 unspecified atom stereocenters. The first-order valence-corrected chi connectivity index (χ1v) is 10.9. The average Bonchev–Trinajstić information content (AvgIpc) is 2.76. The van der Waals surface area contributed by atoms with Gasteiger partial charge in [0.15, 0.2) is 11.5 Å². The minimum absolute atomic E-state index is 0.261. The first-order valence-electron chi connectivity index (χ1n) is 10.9. The first-order chi connectivity index (χ1) is 15.0. The number of ether oxygens (including phenoxy) is 2. The summed E-state index contributed by atoms with van der Waals surface area (Å²) in [6.07, 6.45) is 0. The predicted molar refractivity (Wildman–Crippen MR) is 120 cm³/mol. The van der Waals surface area contributed by atoms with E-state index in [-0.39, 0.29) is 5.63 Å². The van der Waals surface area contributed by atoms with Gasteiger partial charge in [0.2, 0.25) is 0 Å². The smallest absolute Gasteiger partial charge is 0.336 e. The minimum atomic E-state index is -0.261. The van der Waals surface area contributed by atoms with Gasteiger partial charge in [0.1, 0.15) is 44.9 Å². The van der Waals surface area contributed by atoms with E-state index >= 15 is 0 Å². The van der Waals surface area contributed by atoms with Crippen molar-refractivity contribution in [3.05, 3.63) is 69.1 Å². The topological polar surface area (TPSA) is 57.6 Å². The maximum absolute atomic E-state index is 12.1. The standard InChI is InChI=1S/C25H30N2O4/c1-17-11-21-20(14-25(28)31-23(21)12-18(17)2)16-27-9-7-26(8-10-27)15-19-5-6-22(29-3)24(13-19)30-4/h5-6,11-14H,7-10,15-16H2,1-4H3/p+2. The summed E-state index contributed by atoms with van der Waals surface area (Å²) in [6.45, 7) is 10.3. The summed E-state index contributed by atoms with van der Waals surface area (Å²) in [5.41, 5.74) is 5.15. The van der Waals surface area contributed by atoms with Crippen molar-refractivity contribution in [2.75, 3.05) is 40.4 Å². The average molecular weight is 425 g/mol. The number of hydrogen-bond acceptors (Lipinski definition) is 4. The molecule has 1 aliphatic heterocycles. The van der Waals surface area contributed by atoms with Crippen LogP contribution in [-0.2, 0) is 13.1 Å². The van der Waals surface area contributed by atoms with Crippen molar-refractivity contribution < 1.29 is 23.7 Å². The third kappa shape index (κ3) is 4.75. The van der Waals surface area contributed by atoms with Gasteiger partial charge in [-0.25, -0.2) is 4.79 Å². The van der Waals surface area contributed by atoms with Crippen molar-refractivity contribution in [2.45, 2.75) is 26.9 Å². The van der Waals surface area contributed by atoms with Crippen LogP contribution in [-0.4, -0.2) is 40.4 Å². The van der Waals surface area contributed by atoms with E-state index in [2.05, 4.69) is 25.1 Å². The van der Waals surface area contributed by atoms with Gasteiger partial charge in [0.25, 0.3) is 0 Å². The Labute approximate surface area is 183 Å². The van der Waals surface area contributed by atoms with Crippen molar-refractivity contribution >= 4 is 11.0 Å². The van der Waals surface area contributed by atoms with Crippen LogP contribution in [0.5, 0.6) is 11.5 Å². The van der Waals surface area contributed by atoms with E-state index in [0.29, 0.717) is 5.58 Å². The normalized spacial score (nSPS) is 18.8. The highest BCUT2D eigenvalue weighted by Gasteiger charge is 2.24. The van der Waals surface area contributed by atoms with Gasteiger partial charge in [-0.2, -0.15) is 0 Å². The van der Waals surface area contributed by atoms with Crippen LogP contribution in [0, 0.1) is 13.8 Å². The molecule has 3 aromatic rings. The molecular formula is C25H32N2O4+2. The molecule has 0 atom stereocenters. The number of aryl methyl sites for hydroxylation is 2. The lowest BCUT2D eigenvalue weighted by Crippen LogP contribution is -3.27. The van der Waals surface area contributed by atoms with Crippen molar-refractivity contribution in [3.8, 4) is 11.5 Å². The van der Waals surface area contributed by atoms with E-state index in [0.717, 1.165) is 67.3 Å². The molecule has 1 fully saturated rings. The maximum Gasteiger partial charge on any atom is 0.336 e. The SMILES string of the molecule is COc1ccc(C[NH+]2CC[NH+](Cc3cc(=O)oc4cc(C)c(C)cc34)CC2)cc1OC. The molecule has 0 spiro atoms. The maximum atomic E-state index is 12.1. The Bertz CT molecular complexity index is 1130. The Morgan fingerprint density at radius 1 is 0.839 bits per heavy atom. The summed E-state index contributed by atoms with van der Waals surface area (Å²) in [6, 6.07) is 12.0. The highest BCUT2D eigenvalue weighted by atomic mass is 16.5. The van der Waals surface area contributed by atoms with Crippen molar-refractivity contribution in [2.24, 2.45) is 0 Å². The molecule has 6 nitrogen and oxygen atoms in total. The number of hydrogen-bond donors (Lipinski definition) is 2. The highest BCUT2D eigenvalue weighted by molar-refractivity contribution is 5.81. The largest absolute Gasteiger partial charge is 0.493 e. The van der Waals surface area contributed by atoms with Crippen LogP contribution >= 0.6 is 0 Å². The van der Waals surface area contributed by atoms with Crippen LogP contribution in [0.1, 0.15) is 22.3 Å². The number of fused-ring (bicyclic) bond motifs is 1. The zero-order chi connectivity index (χ0) is 22.0. The molecule has 1 aliphatic rings. The Balaban J connectivity index is 1.42. The lowest BCUT2D eigenvalue weighted by atomic mass is 10.0. The molecule has 2 heterocycles. The summed E-state index contributed by atoms with van der Waals surface area (Å²) >= 11 is 0. The van der Waals surface area contributed by atoms with Crippen LogP contribution in [0.3, 0.4) is 0 Å². The van der Waals surface area contributed by atoms with Crippen LogP contribution < -0.4 is 24.9 Å². The molecule has 0 bridgehead atoms. The van der Waals surface area contributed by atoms with Gasteiger partial charge in [0, 0.05) is 22.6 Å². The number of piperazine rings is 1. The fourth-order valence-corrected chi connectivity index (χ4v) is 4.49. The fraction of sp³-hybridized carbons (Fsp3) is 0.400. The second kappa shape index (κ2) is 9.12. The molecule has 2 aromatic carbocycles. The van der Waals surface area contributed by atoms with Gasteiger partial charge in [-0.3, -0.25) is 0 Å². The minimum Gasteiger partial charge on any atom is -0.493 e. The van der Waals surface area contributed by atoms with Gasteiger partial charge >= 0.3 is 5.63 Å². The third-order valence-corrected chi connectivity index (χ3v) is 6.45. The van der Waals surface area contributed by atoms with Crippen LogP contribution in [0.15, 0.2) is 45.6 Å². The number of quaternary nitrogens is 2. The van der Waals surface area contributed by atoms with Gasteiger partial charge in [-0.15, -0.1) is 0 Å². The third-order valence-electron chi connectivity index (χ3n) is 6.45. The molecule has 1 aromatic heterocycles. The molecule has 164 valence electrons. The molecule has 31 heavy (non-hydrogen) atoms. The molecule has 0 amide bonds. The zero-order valence-electron chi connectivity index (χ0n) is 18.8. The van der Waals surface area contributed by atoms with E-state index in [4.69, 9.17) is 13.9 Å². The van der Waals surface area contributed by atoms with E-state index in [1.165, 1.54) is 16.0 Å². The Morgan fingerprint density at radius 3 is 2.16 bits per heavy atom. The first kappa shape index (κ1) is 21.4. The summed E-state index contributed by atoms with van der Waals surface area (Å²) in [7, 11) is 3.33. The lowest BCUT2D eigenvalue weighted by molar-refractivity contribution is -1.02. The molecule has 0 saturated carbocycles. The van der Waals surface area contributed by atoms with E-state index in [1.807, 2.05) is 19.1 Å². The van der Waals surface area contributed by atoms with Crippen molar-refractivity contribution in [1.29, 1.82) is 0 Å².